The topological polar surface area (TPSA) is 75.2 Å². The number of aryl methyl sites for hydroxylation is 1. The Labute approximate surface area is 168 Å². The normalized spacial score (nSPS) is 19.8. The Morgan fingerprint density at radius 2 is 2.14 bits per heavy atom. The molecule has 29 heavy (non-hydrogen) atoms. The Balaban J connectivity index is 1.72. The molecular formula is C22H24N4O3. The SMILES string of the molecule is COc1ccc2c(c1)ncc1nc(Cc3cc(C)on3)n([C@@H]3CCO[C@H](C)C3)c12. The quantitative estimate of drug-likeness (QED) is 0.518. The molecule has 7 heteroatoms. The van der Waals surface area contributed by atoms with Crippen LogP contribution in [0.25, 0.3) is 21.9 Å². The van der Waals surface area contributed by atoms with Gasteiger partial charge in [-0.05, 0) is 38.8 Å². The van der Waals surface area contributed by atoms with Gasteiger partial charge < -0.3 is 18.6 Å². The first-order valence-corrected chi connectivity index (χ1v) is 9.99. The third-order valence-corrected chi connectivity index (χ3v) is 5.64. The number of hydrogen-bond acceptors (Lipinski definition) is 6. The van der Waals surface area contributed by atoms with Crippen LogP contribution in [-0.2, 0) is 11.2 Å². The van der Waals surface area contributed by atoms with Crippen molar-refractivity contribution in [2.45, 2.75) is 45.3 Å². The summed E-state index contributed by atoms with van der Waals surface area (Å²) in [5, 5.41) is 5.26. The zero-order chi connectivity index (χ0) is 20.0. The number of ether oxygens (including phenoxy) is 2. The molecule has 0 aliphatic carbocycles. The Hall–Kier alpha value is -2.93. The maximum Gasteiger partial charge on any atom is 0.133 e. The van der Waals surface area contributed by atoms with Gasteiger partial charge in [0.1, 0.15) is 22.9 Å². The number of benzene rings is 1. The van der Waals surface area contributed by atoms with Gasteiger partial charge >= 0.3 is 0 Å². The molecule has 5 rings (SSSR count). The zero-order valence-corrected chi connectivity index (χ0v) is 16.9. The van der Waals surface area contributed by atoms with Crippen LogP contribution in [0.1, 0.15) is 43.1 Å². The van der Waals surface area contributed by atoms with Gasteiger partial charge in [0, 0.05) is 30.2 Å². The Bertz CT molecular complexity index is 1180. The van der Waals surface area contributed by atoms with E-state index in [9.17, 15) is 0 Å². The number of rotatable bonds is 4. The molecule has 0 bridgehead atoms. The van der Waals surface area contributed by atoms with Crippen molar-refractivity contribution in [3.63, 3.8) is 0 Å². The van der Waals surface area contributed by atoms with Gasteiger partial charge in [-0.2, -0.15) is 0 Å². The third kappa shape index (κ3) is 3.25. The molecule has 7 nitrogen and oxygen atoms in total. The minimum Gasteiger partial charge on any atom is -0.497 e. The standard InChI is InChI=1S/C22H24N4O3/c1-13-9-16(6-7-28-13)26-21(10-15-8-14(2)29-25-15)24-20-12-23-19-11-17(27-3)4-5-18(19)22(20)26/h4-5,8,11-13,16H,6-7,9-10H2,1-3H3/t13-,16-/m1/s1. The molecule has 0 spiro atoms. The summed E-state index contributed by atoms with van der Waals surface area (Å²) in [5.74, 6) is 2.59. The average molecular weight is 392 g/mol. The van der Waals surface area contributed by atoms with Crippen molar-refractivity contribution in [2.75, 3.05) is 13.7 Å². The van der Waals surface area contributed by atoms with E-state index >= 15 is 0 Å². The van der Waals surface area contributed by atoms with Crippen molar-refractivity contribution in [1.29, 1.82) is 0 Å². The van der Waals surface area contributed by atoms with Gasteiger partial charge in [0.25, 0.3) is 0 Å². The van der Waals surface area contributed by atoms with E-state index in [1.165, 1.54) is 0 Å². The van der Waals surface area contributed by atoms with Crippen molar-refractivity contribution < 1.29 is 14.0 Å². The fourth-order valence-electron chi connectivity index (χ4n) is 4.32. The lowest BCUT2D eigenvalue weighted by Crippen LogP contribution is -2.26. The number of aromatic nitrogens is 4. The number of hydrogen-bond donors (Lipinski definition) is 0. The Morgan fingerprint density at radius 3 is 2.90 bits per heavy atom. The van der Waals surface area contributed by atoms with Gasteiger partial charge in [0.15, 0.2) is 0 Å². The monoisotopic (exact) mass is 392 g/mol. The van der Waals surface area contributed by atoms with Gasteiger partial charge in [-0.1, -0.05) is 5.16 Å². The molecule has 1 saturated heterocycles. The molecule has 2 atom stereocenters. The van der Waals surface area contributed by atoms with E-state index in [0.717, 1.165) is 64.4 Å². The lowest BCUT2D eigenvalue weighted by Gasteiger charge is -2.30. The lowest BCUT2D eigenvalue weighted by molar-refractivity contribution is 0.00630. The van der Waals surface area contributed by atoms with Gasteiger partial charge in [-0.25, -0.2) is 4.98 Å². The molecule has 0 N–H and O–H groups in total. The predicted molar refractivity (Wildman–Crippen MR) is 109 cm³/mol. The van der Waals surface area contributed by atoms with Crippen LogP contribution in [0, 0.1) is 6.92 Å². The molecule has 1 fully saturated rings. The van der Waals surface area contributed by atoms with Crippen LogP contribution in [-0.4, -0.2) is 39.5 Å². The number of imidazole rings is 1. The number of nitrogens with zero attached hydrogens (tertiary/aromatic N) is 4. The molecule has 0 amide bonds. The second-order valence-electron chi connectivity index (χ2n) is 7.74. The molecular weight excluding hydrogens is 368 g/mol. The van der Waals surface area contributed by atoms with Crippen molar-refractivity contribution in [3.8, 4) is 5.75 Å². The van der Waals surface area contributed by atoms with Gasteiger partial charge in [0.2, 0.25) is 0 Å². The zero-order valence-electron chi connectivity index (χ0n) is 16.9. The molecule has 0 saturated carbocycles. The predicted octanol–water partition coefficient (Wildman–Crippen LogP) is 4.22. The maximum atomic E-state index is 5.81. The summed E-state index contributed by atoms with van der Waals surface area (Å²) in [6, 6.07) is 8.32. The Morgan fingerprint density at radius 1 is 1.24 bits per heavy atom. The van der Waals surface area contributed by atoms with Gasteiger partial charge in [-0.3, -0.25) is 4.98 Å². The van der Waals surface area contributed by atoms with Crippen molar-refractivity contribution in [1.82, 2.24) is 19.7 Å². The summed E-state index contributed by atoms with van der Waals surface area (Å²) < 4.78 is 18.9. The minimum absolute atomic E-state index is 0.224. The van der Waals surface area contributed by atoms with Crippen LogP contribution in [0.15, 0.2) is 35.0 Å². The van der Waals surface area contributed by atoms with Crippen molar-refractivity contribution in [2.24, 2.45) is 0 Å². The van der Waals surface area contributed by atoms with Crippen LogP contribution < -0.4 is 4.74 Å². The molecule has 0 unspecified atom stereocenters. The second-order valence-corrected chi connectivity index (χ2v) is 7.74. The highest BCUT2D eigenvalue weighted by Gasteiger charge is 2.26. The highest BCUT2D eigenvalue weighted by molar-refractivity contribution is 6.02. The van der Waals surface area contributed by atoms with Crippen LogP contribution in [0.3, 0.4) is 0 Å². The number of fused-ring (bicyclic) bond motifs is 3. The summed E-state index contributed by atoms with van der Waals surface area (Å²) in [7, 11) is 1.67. The van der Waals surface area contributed by atoms with E-state index < -0.39 is 0 Å². The summed E-state index contributed by atoms with van der Waals surface area (Å²) in [5.41, 5.74) is 3.81. The largest absolute Gasteiger partial charge is 0.497 e. The molecule has 1 aliphatic rings. The minimum atomic E-state index is 0.224. The van der Waals surface area contributed by atoms with Gasteiger partial charge in [0.05, 0.1) is 42.6 Å². The van der Waals surface area contributed by atoms with Gasteiger partial charge in [-0.15, -0.1) is 0 Å². The smallest absolute Gasteiger partial charge is 0.133 e. The van der Waals surface area contributed by atoms with E-state index in [2.05, 4.69) is 27.7 Å². The molecule has 4 aromatic rings. The summed E-state index contributed by atoms with van der Waals surface area (Å²) in [6.45, 7) is 4.80. The first-order chi connectivity index (χ1) is 14.1. The highest BCUT2D eigenvalue weighted by atomic mass is 16.5. The van der Waals surface area contributed by atoms with E-state index in [1.54, 1.807) is 7.11 Å². The van der Waals surface area contributed by atoms with Crippen LogP contribution in [0.2, 0.25) is 0 Å². The molecule has 4 heterocycles. The van der Waals surface area contributed by atoms with E-state index in [4.69, 9.17) is 19.0 Å². The summed E-state index contributed by atoms with van der Waals surface area (Å²) in [4.78, 5) is 9.59. The van der Waals surface area contributed by atoms with E-state index in [-0.39, 0.29) is 6.10 Å². The van der Waals surface area contributed by atoms with E-state index in [0.29, 0.717) is 12.5 Å². The first-order valence-electron chi connectivity index (χ1n) is 9.99. The fraction of sp³-hybridized carbons (Fsp3) is 0.409. The summed E-state index contributed by atoms with van der Waals surface area (Å²) >= 11 is 0. The second kappa shape index (κ2) is 7.15. The molecule has 0 radical (unpaired) electrons. The third-order valence-electron chi connectivity index (χ3n) is 5.64. The molecule has 1 aliphatic heterocycles. The Kier molecular flexibility index (Phi) is 4.47. The van der Waals surface area contributed by atoms with Crippen molar-refractivity contribution >= 4 is 21.9 Å². The number of methoxy groups -OCH3 is 1. The van der Waals surface area contributed by atoms with Crippen LogP contribution in [0.5, 0.6) is 5.75 Å². The average Bonchev–Trinajstić information content (AvgIpc) is 3.30. The van der Waals surface area contributed by atoms with Crippen LogP contribution in [0.4, 0.5) is 0 Å². The molecule has 1 aromatic carbocycles. The van der Waals surface area contributed by atoms with Crippen LogP contribution >= 0.6 is 0 Å². The highest BCUT2D eigenvalue weighted by Crippen LogP contribution is 2.35. The van der Waals surface area contributed by atoms with E-state index in [1.807, 2.05) is 31.3 Å². The number of pyridine rings is 1. The molecule has 3 aromatic heterocycles. The lowest BCUT2D eigenvalue weighted by atomic mass is 10.0. The molecule has 150 valence electrons. The summed E-state index contributed by atoms with van der Waals surface area (Å²) in [6.07, 6.45) is 4.61. The maximum absolute atomic E-state index is 5.81. The first kappa shape index (κ1) is 18.1. The van der Waals surface area contributed by atoms with Crippen molar-refractivity contribution in [3.05, 3.63) is 47.7 Å². The fourth-order valence-corrected chi connectivity index (χ4v) is 4.32.